The van der Waals surface area contributed by atoms with Gasteiger partial charge < -0.3 is 0 Å². The van der Waals surface area contributed by atoms with E-state index in [9.17, 15) is 0 Å². The SMILES string of the molecule is c1ccc(-c2cnc3ccncc3n2)cc1. The molecule has 3 heteroatoms. The van der Waals surface area contributed by atoms with Gasteiger partial charge in [-0.25, -0.2) is 4.98 Å². The average molecular weight is 207 g/mol. The lowest BCUT2D eigenvalue weighted by molar-refractivity contribution is 1.25. The number of nitrogens with zero attached hydrogens (tertiary/aromatic N) is 3. The zero-order valence-electron chi connectivity index (χ0n) is 8.54. The Labute approximate surface area is 92.8 Å². The highest BCUT2D eigenvalue weighted by molar-refractivity contribution is 5.75. The third-order valence-electron chi connectivity index (χ3n) is 2.41. The lowest BCUT2D eigenvalue weighted by Gasteiger charge is -2.01. The topological polar surface area (TPSA) is 38.7 Å². The first-order valence-corrected chi connectivity index (χ1v) is 5.06. The summed E-state index contributed by atoms with van der Waals surface area (Å²) in [7, 11) is 0. The zero-order valence-corrected chi connectivity index (χ0v) is 8.54. The molecule has 1 aromatic carbocycles. The molecule has 0 fully saturated rings. The summed E-state index contributed by atoms with van der Waals surface area (Å²) in [5, 5.41) is 0. The molecule has 0 amide bonds. The van der Waals surface area contributed by atoms with Gasteiger partial charge in [0.05, 0.1) is 23.6 Å². The van der Waals surface area contributed by atoms with E-state index in [4.69, 9.17) is 0 Å². The van der Waals surface area contributed by atoms with Crippen LogP contribution < -0.4 is 0 Å². The van der Waals surface area contributed by atoms with Crippen molar-refractivity contribution in [2.75, 3.05) is 0 Å². The summed E-state index contributed by atoms with van der Waals surface area (Å²) < 4.78 is 0. The molecule has 3 rings (SSSR count). The number of hydrogen-bond acceptors (Lipinski definition) is 3. The van der Waals surface area contributed by atoms with Crippen LogP contribution in [0.5, 0.6) is 0 Å². The minimum absolute atomic E-state index is 0.823. The van der Waals surface area contributed by atoms with Crippen molar-refractivity contribution in [1.82, 2.24) is 15.0 Å². The van der Waals surface area contributed by atoms with Gasteiger partial charge in [-0.1, -0.05) is 30.3 Å². The van der Waals surface area contributed by atoms with Crippen molar-refractivity contribution in [2.45, 2.75) is 0 Å². The first-order chi connectivity index (χ1) is 7.93. The summed E-state index contributed by atoms with van der Waals surface area (Å²) >= 11 is 0. The molecule has 0 aliphatic heterocycles. The highest BCUT2D eigenvalue weighted by atomic mass is 14.8. The van der Waals surface area contributed by atoms with Gasteiger partial charge in [0.1, 0.15) is 5.52 Å². The summed E-state index contributed by atoms with van der Waals surface area (Å²) in [6, 6.07) is 11.9. The standard InChI is InChI=1S/C13H9N3/c1-2-4-10(5-3-1)12-9-15-11-6-7-14-8-13(11)16-12/h1-9H. The van der Waals surface area contributed by atoms with Gasteiger partial charge in [0, 0.05) is 11.8 Å². The van der Waals surface area contributed by atoms with Gasteiger partial charge in [0.2, 0.25) is 0 Å². The molecule has 3 nitrogen and oxygen atoms in total. The maximum absolute atomic E-state index is 4.52. The molecule has 0 N–H and O–H groups in total. The van der Waals surface area contributed by atoms with Crippen molar-refractivity contribution in [3.63, 3.8) is 0 Å². The normalized spacial score (nSPS) is 10.5. The Kier molecular flexibility index (Phi) is 2.07. The van der Waals surface area contributed by atoms with Crippen LogP contribution >= 0.6 is 0 Å². The third kappa shape index (κ3) is 1.52. The van der Waals surface area contributed by atoms with Crippen molar-refractivity contribution in [1.29, 1.82) is 0 Å². The fourth-order valence-electron chi connectivity index (χ4n) is 1.61. The summed E-state index contributed by atoms with van der Waals surface area (Å²) in [4.78, 5) is 12.9. The minimum Gasteiger partial charge on any atom is -0.262 e. The maximum Gasteiger partial charge on any atom is 0.108 e. The van der Waals surface area contributed by atoms with E-state index in [2.05, 4.69) is 15.0 Å². The molecule has 0 atom stereocenters. The van der Waals surface area contributed by atoms with Gasteiger partial charge in [-0.3, -0.25) is 9.97 Å². The summed E-state index contributed by atoms with van der Waals surface area (Å²) in [5.41, 5.74) is 3.64. The van der Waals surface area contributed by atoms with Crippen LogP contribution in [0.3, 0.4) is 0 Å². The quantitative estimate of drug-likeness (QED) is 0.615. The zero-order chi connectivity index (χ0) is 10.8. The molecule has 2 aromatic heterocycles. The Hall–Kier alpha value is -2.29. The lowest BCUT2D eigenvalue weighted by Crippen LogP contribution is -1.88. The number of fused-ring (bicyclic) bond motifs is 1. The van der Waals surface area contributed by atoms with E-state index in [1.807, 2.05) is 36.4 Å². The van der Waals surface area contributed by atoms with Crippen LogP contribution in [-0.2, 0) is 0 Å². The van der Waals surface area contributed by atoms with Crippen LogP contribution in [0.4, 0.5) is 0 Å². The predicted molar refractivity (Wildman–Crippen MR) is 62.8 cm³/mol. The van der Waals surface area contributed by atoms with Crippen molar-refractivity contribution in [2.24, 2.45) is 0 Å². The smallest absolute Gasteiger partial charge is 0.108 e. The Bertz CT molecular complexity index is 620. The Morgan fingerprint density at radius 3 is 2.56 bits per heavy atom. The first-order valence-electron chi connectivity index (χ1n) is 5.06. The van der Waals surface area contributed by atoms with E-state index in [-0.39, 0.29) is 0 Å². The van der Waals surface area contributed by atoms with Gasteiger partial charge in [-0.15, -0.1) is 0 Å². The third-order valence-corrected chi connectivity index (χ3v) is 2.41. The maximum atomic E-state index is 4.52. The van der Waals surface area contributed by atoms with Crippen molar-refractivity contribution in [3.8, 4) is 11.3 Å². The van der Waals surface area contributed by atoms with E-state index < -0.39 is 0 Å². The van der Waals surface area contributed by atoms with Crippen LogP contribution in [0.1, 0.15) is 0 Å². The Morgan fingerprint density at radius 2 is 1.69 bits per heavy atom. The van der Waals surface area contributed by atoms with E-state index >= 15 is 0 Å². The highest BCUT2D eigenvalue weighted by Crippen LogP contribution is 2.17. The highest BCUT2D eigenvalue weighted by Gasteiger charge is 2.01. The molecule has 3 aromatic rings. The van der Waals surface area contributed by atoms with E-state index in [1.165, 1.54) is 0 Å². The number of aromatic nitrogens is 3. The van der Waals surface area contributed by atoms with Crippen molar-refractivity contribution in [3.05, 3.63) is 55.0 Å². The van der Waals surface area contributed by atoms with Crippen LogP contribution in [0.2, 0.25) is 0 Å². The predicted octanol–water partition coefficient (Wildman–Crippen LogP) is 2.69. The fourth-order valence-corrected chi connectivity index (χ4v) is 1.61. The molecule has 0 bridgehead atoms. The molecule has 0 unspecified atom stereocenters. The second-order valence-corrected chi connectivity index (χ2v) is 3.49. The number of hydrogen-bond donors (Lipinski definition) is 0. The number of pyridine rings is 1. The molecular formula is C13H9N3. The molecule has 76 valence electrons. The van der Waals surface area contributed by atoms with E-state index in [0.717, 1.165) is 22.3 Å². The van der Waals surface area contributed by atoms with Gasteiger partial charge in [-0.2, -0.15) is 0 Å². The van der Waals surface area contributed by atoms with Gasteiger partial charge in [-0.05, 0) is 6.07 Å². The second kappa shape index (κ2) is 3.70. The van der Waals surface area contributed by atoms with Crippen LogP contribution in [0, 0.1) is 0 Å². The molecule has 0 saturated carbocycles. The molecule has 0 aliphatic rings. The van der Waals surface area contributed by atoms with Gasteiger partial charge in [0.15, 0.2) is 0 Å². The lowest BCUT2D eigenvalue weighted by atomic mass is 10.1. The van der Waals surface area contributed by atoms with E-state index in [1.54, 1.807) is 18.6 Å². The summed E-state index contributed by atoms with van der Waals surface area (Å²) in [6.07, 6.45) is 5.24. The van der Waals surface area contributed by atoms with E-state index in [0.29, 0.717) is 0 Å². The Balaban J connectivity index is 2.19. The van der Waals surface area contributed by atoms with Crippen molar-refractivity contribution < 1.29 is 0 Å². The molecule has 0 spiro atoms. The van der Waals surface area contributed by atoms with Gasteiger partial charge >= 0.3 is 0 Å². The largest absolute Gasteiger partial charge is 0.262 e. The second-order valence-electron chi connectivity index (χ2n) is 3.49. The van der Waals surface area contributed by atoms with Crippen molar-refractivity contribution >= 4 is 11.0 Å². The molecular weight excluding hydrogens is 198 g/mol. The fraction of sp³-hybridized carbons (Fsp3) is 0. The summed E-state index contributed by atoms with van der Waals surface area (Å²) in [5.74, 6) is 0. The molecule has 0 saturated heterocycles. The monoisotopic (exact) mass is 207 g/mol. The van der Waals surface area contributed by atoms with Crippen LogP contribution in [0.15, 0.2) is 55.0 Å². The number of benzene rings is 1. The van der Waals surface area contributed by atoms with Crippen LogP contribution in [0.25, 0.3) is 22.3 Å². The number of rotatable bonds is 1. The summed E-state index contributed by atoms with van der Waals surface area (Å²) in [6.45, 7) is 0. The average Bonchev–Trinajstić information content (AvgIpc) is 2.39. The molecule has 0 radical (unpaired) electrons. The first kappa shape index (κ1) is 8.97. The minimum atomic E-state index is 0.823. The molecule has 0 aliphatic carbocycles. The Morgan fingerprint density at radius 1 is 0.812 bits per heavy atom. The van der Waals surface area contributed by atoms with Gasteiger partial charge in [0.25, 0.3) is 0 Å². The molecule has 2 heterocycles. The molecule has 16 heavy (non-hydrogen) atoms. The van der Waals surface area contributed by atoms with Crippen LogP contribution in [-0.4, -0.2) is 15.0 Å².